The minimum Gasteiger partial charge on any atom is -0.383 e. The van der Waals surface area contributed by atoms with Gasteiger partial charge < -0.3 is 20.6 Å². The first-order valence-electron chi connectivity index (χ1n) is 8.39. The Morgan fingerprint density at radius 1 is 1.48 bits per heavy atom. The molecule has 0 spiro atoms. The number of nitrogens with one attached hydrogen (secondary N) is 2. The van der Waals surface area contributed by atoms with E-state index >= 15 is 0 Å². The number of rotatable bonds is 8. The Hall–Kier alpha value is -1.11. The summed E-state index contributed by atoms with van der Waals surface area (Å²) in [7, 11) is 4.27. The third kappa shape index (κ3) is 5.48. The Morgan fingerprint density at radius 2 is 2.22 bits per heavy atom. The highest BCUT2D eigenvalue weighted by atomic mass is 32.1. The molecule has 3 N–H and O–H groups in total. The van der Waals surface area contributed by atoms with E-state index in [1.54, 1.807) is 11.3 Å². The van der Waals surface area contributed by atoms with Crippen LogP contribution in [0, 0.1) is 5.92 Å². The molecule has 0 bridgehead atoms. The average Bonchev–Trinajstić information content (AvgIpc) is 3.15. The molecule has 1 fully saturated rings. The Morgan fingerprint density at radius 3 is 2.74 bits per heavy atom. The van der Waals surface area contributed by atoms with Gasteiger partial charge in [0, 0.05) is 24.0 Å². The smallest absolute Gasteiger partial charge is 0.191 e. The van der Waals surface area contributed by atoms with Crippen LogP contribution in [0.5, 0.6) is 0 Å². The van der Waals surface area contributed by atoms with Gasteiger partial charge in [0.15, 0.2) is 5.96 Å². The molecule has 1 heterocycles. The minimum atomic E-state index is -0.923. The lowest BCUT2D eigenvalue weighted by molar-refractivity contribution is 0.0711. The Labute approximate surface area is 143 Å². The molecule has 0 aliphatic heterocycles. The number of hydrogen-bond acceptors (Lipinski definition) is 4. The van der Waals surface area contributed by atoms with Gasteiger partial charge in [-0.2, -0.15) is 0 Å². The van der Waals surface area contributed by atoms with Crippen molar-refractivity contribution >= 4 is 17.3 Å². The fourth-order valence-corrected chi connectivity index (χ4v) is 3.47. The quantitative estimate of drug-likeness (QED) is 0.500. The van der Waals surface area contributed by atoms with Crippen molar-refractivity contribution in [3.8, 4) is 0 Å². The summed E-state index contributed by atoms with van der Waals surface area (Å²) in [6.45, 7) is 5.91. The molecule has 1 aliphatic carbocycles. The third-order valence-electron chi connectivity index (χ3n) is 4.25. The van der Waals surface area contributed by atoms with E-state index < -0.39 is 5.60 Å². The molecule has 2 atom stereocenters. The zero-order valence-electron chi connectivity index (χ0n) is 14.7. The van der Waals surface area contributed by atoms with Crippen molar-refractivity contribution in [2.75, 3.05) is 33.7 Å². The first-order valence-corrected chi connectivity index (χ1v) is 9.27. The number of aliphatic hydroxyl groups is 1. The monoisotopic (exact) mass is 338 g/mol. The van der Waals surface area contributed by atoms with Crippen molar-refractivity contribution in [1.29, 1.82) is 0 Å². The molecule has 1 aromatic heterocycles. The molecular formula is C17H30N4OS. The van der Waals surface area contributed by atoms with Crippen LogP contribution in [-0.4, -0.2) is 55.7 Å². The summed E-state index contributed by atoms with van der Waals surface area (Å²) in [5.41, 5.74) is -0.923. The number of nitrogens with zero attached hydrogens (tertiary/aromatic N) is 2. The number of thiophene rings is 1. The summed E-state index contributed by atoms with van der Waals surface area (Å²) in [6, 6.07) is 4.45. The Kier molecular flexibility index (Phi) is 6.44. The lowest BCUT2D eigenvalue weighted by atomic mass is 10.1. The van der Waals surface area contributed by atoms with E-state index in [9.17, 15) is 5.11 Å². The summed E-state index contributed by atoms with van der Waals surface area (Å²) in [4.78, 5) is 7.82. The van der Waals surface area contributed by atoms with Crippen LogP contribution in [0.2, 0.25) is 0 Å². The highest BCUT2D eigenvalue weighted by Crippen LogP contribution is 2.34. The number of likely N-dealkylation sites (N-methyl/N-ethyl adjacent to an activating group) is 1. The molecule has 0 aromatic carbocycles. The van der Waals surface area contributed by atoms with Crippen LogP contribution in [-0.2, 0) is 5.60 Å². The lowest BCUT2D eigenvalue weighted by Crippen LogP contribution is -2.46. The van der Waals surface area contributed by atoms with Gasteiger partial charge in [0.25, 0.3) is 0 Å². The molecule has 0 saturated heterocycles. The molecule has 0 amide bonds. The fourth-order valence-electron chi connectivity index (χ4n) is 2.69. The second kappa shape index (κ2) is 8.13. The van der Waals surface area contributed by atoms with Crippen LogP contribution >= 0.6 is 11.3 Å². The van der Waals surface area contributed by atoms with E-state index in [2.05, 4.69) is 41.5 Å². The van der Waals surface area contributed by atoms with Crippen molar-refractivity contribution in [2.24, 2.45) is 10.9 Å². The maximum atomic E-state index is 10.6. The summed E-state index contributed by atoms with van der Waals surface area (Å²) in [6.07, 6.45) is 2.65. The van der Waals surface area contributed by atoms with E-state index in [0.29, 0.717) is 12.6 Å². The largest absolute Gasteiger partial charge is 0.383 e. The van der Waals surface area contributed by atoms with Crippen LogP contribution in [0.15, 0.2) is 22.5 Å². The van der Waals surface area contributed by atoms with Crippen molar-refractivity contribution < 1.29 is 5.11 Å². The minimum absolute atomic E-state index is 0.346. The van der Waals surface area contributed by atoms with Crippen LogP contribution in [0.3, 0.4) is 0 Å². The molecule has 5 nitrogen and oxygen atoms in total. The first-order chi connectivity index (χ1) is 10.9. The summed E-state index contributed by atoms with van der Waals surface area (Å²) < 4.78 is 0. The summed E-state index contributed by atoms with van der Waals surface area (Å²) in [5.74, 6) is 1.58. The zero-order valence-corrected chi connectivity index (χ0v) is 15.5. The maximum absolute atomic E-state index is 10.6. The molecule has 1 aliphatic rings. The second-order valence-electron chi connectivity index (χ2n) is 6.70. The van der Waals surface area contributed by atoms with Crippen molar-refractivity contribution in [3.63, 3.8) is 0 Å². The normalized spacial score (nSPS) is 19.5. The van der Waals surface area contributed by atoms with Gasteiger partial charge in [-0.05, 0) is 58.1 Å². The molecule has 1 aromatic rings. The highest BCUT2D eigenvalue weighted by molar-refractivity contribution is 7.10. The van der Waals surface area contributed by atoms with Gasteiger partial charge >= 0.3 is 0 Å². The van der Waals surface area contributed by atoms with Gasteiger partial charge in [0.1, 0.15) is 5.60 Å². The van der Waals surface area contributed by atoms with Crippen LogP contribution in [0.25, 0.3) is 0 Å². The van der Waals surface area contributed by atoms with Crippen molar-refractivity contribution in [1.82, 2.24) is 15.5 Å². The lowest BCUT2D eigenvalue weighted by Gasteiger charge is -2.26. The molecular weight excluding hydrogens is 308 g/mol. The van der Waals surface area contributed by atoms with Crippen molar-refractivity contribution in [3.05, 3.63) is 22.4 Å². The van der Waals surface area contributed by atoms with E-state index in [1.165, 1.54) is 12.8 Å². The fraction of sp³-hybridized carbons (Fsp3) is 0.706. The van der Waals surface area contributed by atoms with Gasteiger partial charge in [-0.3, -0.25) is 0 Å². The van der Waals surface area contributed by atoms with E-state index in [4.69, 9.17) is 0 Å². The number of guanidine groups is 1. The van der Waals surface area contributed by atoms with Gasteiger partial charge in [-0.15, -0.1) is 11.3 Å². The zero-order chi connectivity index (χ0) is 16.9. The topological polar surface area (TPSA) is 59.9 Å². The molecule has 2 unspecified atom stereocenters. The first kappa shape index (κ1) is 18.2. The molecule has 6 heteroatoms. The van der Waals surface area contributed by atoms with Crippen LogP contribution in [0.1, 0.15) is 31.6 Å². The number of aliphatic imine (C=N–C) groups is 1. The van der Waals surface area contributed by atoms with Crippen LogP contribution < -0.4 is 10.6 Å². The second-order valence-corrected chi connectivity index (χ2v) is 7.64. The average molecular weight is 339 g/mol. The SMILES string of the molecule is CCNC(=NCC(C)(O)c1cccs1)NCC(C1CC1)N(C)C. The van der Waals surface area contributed by atoms with Gasteiger partial charge in [-0.25, -0.2) is 4.99 Å². The molecule has 1 saturated carbocycles. The molecule has 2 rings (SSSR count). The van der Waals surface area contributed by atoms with Crippen molar-refractivity contribution in [2.45, 2.75) is 38.3 Å². The summed E-state index contributed by atoms with van der Waals surface area (Å²) >= 11 is 1.56. The van der Waals surface area contributed by atoms with Crippen LogP contribution in [0.4, 0.5) is 0 Å². The molecule has 23 heavy (non-hydrogen) atoms. The maximum Gasteiger partial charge on any atom is 0.191 e. The van der Waals surface area contributed by atoms with E-state index in [1.807, 2.05) is 24.4 Å². The number of hydrogen-bond donors (Lipinski definition) is 3. The third-order valence-corrected chi connectivity index (χ3v) is 5.37. The Balaban J connectivity index is 1.94. The summed E-state index contributed by atoms with van der Waals surface area (Å²) in [5, 5.41) is 19.3. The molecule has 130 valence electrons. The highest BCUT2D eigenvalue weighted by Gasteiger charge is 2.32. The Bertz CT molecular complexity index is 493. The van der Waals surface area contributed by atoms with Gasteiger partial charge in [-0.1, -0.05) is 6.07 Å². The van der Waals surface area contributed by atoms with Gasteiger partial charge in [0.2, 0.25) is 0 Å². The molecule has 0 radical (unpaired) electrons. The van der Waals surface area contributed by atoms with E-state index in [-0.39, 0.29) is 0 Å². The standard InChI is InChI=1S/C17H30N4OS/c1-5-18-16(19-11-14(21(3)4)13-8-9-13)20-12-17(2,22)15-7-6-10-23-15/h6-7,10,13-14,22H,5,8-9,11-12H2,1-4H3,(H2,18,19,20). The predicted molar refractivity (Wildman–Crippen MR) is 98.1 cm³/mol. The predicted octanol–water partition coefficient (Wildman–Crippen LogP) is 1.85. The van der Waals surface area contributed by atoms with Gasteiger partial charge in [0.05, 0.1) is 6.54 Å². The van der Waals surface area contributed by atoms with E-state index in [0.717, 1.165) is 29.8 Å².